The molecule has 2 rings (SSSR count). The summed E-state index contributed by atoms with van der Waals surface area (Å²) in [6.07, 6.45) is -0.101. The monoisotopic (exact) mass is 385 g/mol. The van der Waals surface area contributed by atoms with E-state index >= 15 is 0 Å². The van der Waals surface area contributed by atoms with Gasteiger partial charge in [-0.3, -0.25) is 9.59 Å². The molecular weight excluding hydrogens is 358 g/mol. The van der Waals surface area contributed by atoms with Gasteiger partial charge >= 0.3 is 12.1 Å². The van der Waals surface area contributed by atoms with Crippen molar-refractivity contribution in [3.63, 3.8) is 0 Å². The summed E-state index contributed by atoms with van der Waals surface area (Å²) in [5.74, 6) is -0.825. The third-order valence-electron chi connectivity index (χ3n) is 4.03. The molecule has 152 valence electrons. The van der Waals surface area contributed by atoms with Crippen molar-refractivity contribution in [2.75, 3.05) is 26.3 Å². The predicted molar refractivity (Wildman–Crippen MR) is 92.2 cm³/mol. The lowest BCUT2D eigenvalue weighted by Gasteiger charge is -2.38. The van der Waals surface area contributed by atoms with Crippen LogP contribution >= 0.6 is 0 Å². The fourth-order valence-corrected chi connectivity index (χ4v) is 2.86. The molecule has 10 nitrogen and oxygen atoms in total. The normalized spacial score (nSPS) is 23.8. The van der Waals surface area contributed by atoms with E-state index in [0.717, 1.165) is 0 Å². The standard InChI is InChI=1S/C17H27N3O7/c1-17(2,3)26-16(24)18-12-6-7-19(15(12)23)13-11-25-10-8-20(13)27-14(22)5-4-9-21/h9,12-13H,4-8,10-11H2,1-3H3,(H,18,24)/t12-,13-/m0/s1. The molecular formula is C17H27N3O7. The van der Waals surface area contributed by atoms with Gasteiger partial charge in [-0.15, -0.1) is 5.06 Å². The number of hydrogen-bond acceptors (Lipinski definition) is 8. The van der Waals surface area contributed by atoms with E-state index in [2.05, 4.69) is 5.32 Å². The quantitative estimate of drug-likeness (QED) is 0.645. The molecule has 1 N–H and O–H groups in total. The van der Waals surface area contributed by atoms with Crippen LogP contribution in [0.15, 0.2) is 0 Å². The van der Waals surface area contributed by atoms with Gasteiger partial charge in [0.05, 0.1) is 26.2 Å². The maximum absolute atomic E-state index is 12.7. The van der Waals surface area contributed by atoms with Gasteiger partial charge in [0.25, 0.3) is 0 Å². The molecule has 0 spiro atoms. The highest BCUT2D eigenvalue weighted by Gasteiger charge is 2.42. The molecule has 0 aromatic rings. The first-order valence-electron chi connectivity index (χ1n) is 9.00. The predicted octanol–water partition coefficient (Wildman–Crippen LogP) is 0.208. The molecule has 2 amide bonds. The van der Waals surface area contributed by atoms with E-state index < -0.39 is 29.9 Å². The molecule has 0 saturated carbocycles. The third-order valence-corrected chi connectivity index (χ3v) is 4.03. The van der Waals surface area contributed by atoms with Crippen LogP contribution in [0.3, 0.4) is 0 Å². The number of nitrogens with one attached hydrogen (secondary N) is 1. The van der Waals surface area contributed by atoms with E-state index in [1.807, 2.05) is 0 Å². The third kappa shape index (κ3) is 6.17. The van der Waals surface area contributed by atoms with Gasteiger partial charge < -0.3 is 29.3 Å². The van der Waals surface area contributed by atoms with Crippen LogP contribution in [0.4, 0.5) is 4.79 Å². The number of aldehydes is 1. The summed E-state index contributed by atoms with van der Waals surface area (Å²) in [6, 6.07) is -0.700. The molecule has 0 aliphatic carbocycles. The largest absolute Gasteiger partial charge is 0.444 e. The number of alkyl carbamates (subject to hydrolysis) is 1. The number of rotatable bonds is 6. The molecule has 2 heterocycles. The average molecular weight is 385 g/mol. The Labute approximate surface area is 158 Å². The molecule has 0 aromatic carbocycles. The summed E-state index contributed by atoms with van der Waals surface area (Å²) in [6.45, 7) is 6.47. The zero-order valence-corrected chi connectivity index (χ0v) is 15.9. The van der Waals surface area contributed by atoms with E-state index in [9.17, 15) is 19.2 Å². The SMILES string of the molecule is CC(C)(C)OC(=O)N[C@H]1CCN([C@@H]2COCCN2OC(=O)CCC=O)C1=O. The molecule has 0 unspecified atom stereocenters. The maximum Gasteiger partial charge on any atom is 0.408 e. The van der Waals surface area contributed by atoms with E-state index in [4.69, 9.17) is 14.3 Å². The van der Waals surface area contributed by atoms with Gasteiger partial charge in [0.1, 0.15) is 24.1 Å². The summed E-state index contributed by atoms with van der Waals surface area (Å²) in [7, 11) is 0. The summed E-state index contributed by atoms with van der Waals surface area (Å²) >= 11 is 0. The Balaban J connectivity index is 1.95. The second-order valence-corrected chi connectivity index (χ2v) is 7.38. The van der Waals surface area contributed by atoms with Crippen molar-refractivity contribution in [2.45, 2.75) is 57.8 Å². The fourth-order valence-electron chi connectivity index (χ4n) is 2.86. The van der Waals surface area contributed by atoms with Crippen LogP contribution in [0, 0.1) is 0 Å². The van der Waals surface area contributed by atoms with Crippen molar-refractivity contribution in [1.29, 1.82) is 0 Å². The zero-order chi connectivity index (χ0) is 20.0. The topological polar surface area (TPSA) is 114 Å². The van der Waals surface area contributed by atoms with Gasteiger partial charge in [0.15, 0.2) is 0 Å². The fraction of sp³-hybridized carbons (Fsp3) is 0.765. The van der Waals surface area contributed by atoms with Crippen LogP contribution in [-0.2, 0) is 28.7 Å². The van der Waals surface area contributed by atoms with Crippen LogP contribution in [0.25, 0.3) is 0 Å². The lowest BCUT2D eigenvalue weighted by molar-refractivity contribution is -0.245. The molecule has 27 heavy (non-hydrogen) atoms. The van der Waals surface area contributed by atoms with Crippen LogP contribution in [0.1, 0.15) is 40.0 Å². The molecule has 2 aliphatic heterocycles. The van der Waals surface area contributed by atoms with Crippen molar-refractivity contribution in [1.82, 2.24) is 15.3 Å². The Morgan fingerprint density at radius 3 is 2.74 bits per heavy atom. The second kappa shape index (κ2) is 9.14. The summed E-state index contributed by atoms with van der Waals surface area (Å²) < 4.78 is 10.6. The molecule has 2 saturated heterocycles. The smallest absolute Gasteiger partial charge is 0.408 e. The number of morpholine rings is 1. The molecule has 2 atom stereocenters. The van der Waals surface area contributed by atoms with E-state index in [0.29, 0.717) is 32.4 Å². The Hall–Kier alpha value is -2.20. The number of carbonyl (C=O) groups is 4. The molecule has 2 fully saturated rings. The first kappa shape index (κ1) is 21.1. The second-order valence-electron chi connectivity index (χ2n) is 7.38. The minimum absolute atomic E-state index is 0.0235. The zero-order valence-electron chi connectivity index (χ0n) is 15.9. The minimum Gasteiger partial charge on any atom is -0.444 e. The van der Waals surface area contributed by atoms with E-state index in [1.165, 1.54) is 9.96 Å². The van der Waals surface area contributed by atoms with E-state index in [1.54, 1.807) is 20.8 Å². The number of nitrogens with zero attached hydrogens (tertiary/aromatic N) is 2. The Morgan fingerprint density at radius 1 is 1.33 bits per heavy atom. The number of ether oxygens (including phenoxy) is 2. The number of hydroxylamine groups is 2. The summed E-state index contributed by atoms with van der Waals surface area (Å²) in [4.78, 5) is 53.6. The molecule has 0 aromatic heterocycles. The lowest BCUT2D eigenvalue weighted by Crippen LogP contribution is -2.57. The molecule has 0 radical (unpaired) electrons. The average Bonchev–Trinajstić information content (AvgIpc) is 2.92. The number of likely N-dealkylation sites (tertiary alicyclic amines) is 1. The van der Waals surface area contributed by atoms with Crippen LogP contribution in [-0.4, -0.2) is 78.3 Å². The van der Waals surface area contributed by atoms with Gasteiger partial charge in [0.2, 0.25) is 5.91 Å². The maximum atomic E-state index is 12.7. The summed E-state index contributed by atoms with van der Waals surface area (Å²) in [5.41, 5.74) is -0.658. The highest BCUT2D eigenvalue weighted by Crippen LogP contribution is 2.21. The van der Waals surface area contributed by atoms with Crippen LogP contribution in [0.2, 0.25) is 0 Å². The molecule has 0 bridgehead atoms. The first-order chi connectivity index (χ1) is 12.7. The van der Waals surface area contributed by atoms with Gasteiger partial charge in [-0.25, -0.2) is 4.79 Å². The van der Waals surface area contributed by atoms with Crippen molar-refractivity contribution < 1.29 is 33.5 Å². The Bertz CT molecular complexity index is 575. The van der Waals surface area contributed by atoms with Gasteiger partial charge in [-0.1, -0.05) is 0 Å². The van der Waals surface area contributed by atoms with Crippen LogP contribution in [0.5, 0.6) is 0 Å². The van der Waals surface area contributed by atoms with E-state index in [-0.39, 0.29) is 25.4 Å². The highest BCUT2D eigenvalue weighted by molar-refractivity contribution is 5.87. The highest BCUT2D eigenvalue weighted by atomic mass is 16.7. The lowest BCUT2D eigenvalue weighted by atomic mass is 10.2. The molecule has 10 heteroatoms. The summed E-state index contributed by atoms with van der Waals surface area (Å²) in [5, 5.41) is 3.99. The van der Waals surface area contributed by atoms with Gasteiger partial charge in [-0.05, 0) is 27.2 Å². The Morgan fingerprint density at radius 2 is 2.07 bits per heavy atom. The van der Waals surface area contributed by atoms with Gasteiger partial charge in [0, 0.05) is 13.0 Å². The number of hydrogen-bond donors (Lipinski definition) is 1. The first-order valence-corrected chi connectivity index (χ1v) is 9.00. The molecule has 2 aliphatic rings. The van der Waals surface area contributed by atoms with Crippen molar-refractivity contribution in [2.24, 2.45) is 0 Å². The van der Waals surface area contributed by atoms with Crippen molar-refractivity contribution >= 4 is 24.3 Å². The minimum atomic E-state index is -0.700. The number of carbonyl (C=O) groups excluding carboxylic acids is 4. The number of amides is 2. The van der Waals surface area contributed by atoms with Crippen molar-refractivity contribution in [3.8, 4) is 0 Å². The van der Waals surface area contributed by atoms with Crippen molar-refractivity contribution in [3.05, 3.63) is 0 Å². The van der Waals surface area contributed by atoms with Crippen LogP contribution < -0.4 is 5.32 Å². The Kier molecular flexibility index (Phi) is 7.14. The van der Waals surface area contributed by atoms with Gasteiger partial charge in [-0.2, -0.15) is 0 Å².